The molecule has 0 saturated carbocycles. The third-order valence-corrected chi connectivity index (χ3v) is 2.60. The normalized spacial score (nSPS) is 22.7. The summed E-state index contributed by atoms with van der Waals surface area (Å²) in [5, 5.41) is 8.85. The van der Waals surface area contributed by atoms with Crippen LogP contribution in [-0.4, -0.2) is 15.8 Å². The fraction of sp³-hybridized carbons (Fsp3) is 0.154. The van der Waals surface area contributed by atoms with E-state index in [2.05, 4.69) is 15.9 Å². The number of nitrogens with one attached hydrogen (secondary N) is 1. The summed E-state index contributed by atoms with van der Waals surface area (Å²) in [5.41, 5.74) is -0.673. The second-order valence-corrected chi connectivity index (χ2v) is 3.76. The molecular weight excluding hydrogens is 214 g/mol. The minimum absolute atomic E-state index is 0.0806. The zero-order valence-electron chi connectivity index (χ0n) is 8.97. The molecule has 1 aromatic heterocycles. The summed E-state index contributed by atoms with van der Waals surface area (Å²) >= 11 is 0. The van der Waals surface area contributed by atoms with Crippen molar-refractivity contribution in [1.29, 1.82) is 5.26 Å². The Morgan fingerprint density at radius 1 is 1.59 bits per heavy atom. The van der Waals surface area contributed by atoms with Crippen molar-refractivity contribution in [2.45, 2.75) is 6.42 Å². The monoisotopic (exact) mass is 223 g/mol. The van der Waals surface area contributed by atoms with Crippen LogP contribution >= 0.6 is 0 Å². The summed E-state index contributed by atoms with van der Waals surface area (Å²) in [6.07, 6.45) is 13.8. The number of hydrogen-bond acceptors (Lipinski definition) is 3. The number of aromatic amines is 1. The van der Waals surface area contributed by atoms with E-state index >= 15 is 0 Å². The van der Waals surface area contributed by atoms with E-state index in [9.17, 15) is 4.79 Å². The van der Waals surface area contributed by atoms with Crippen molar-refractivity contribution in [3.05, 3.63) is 42.0 Å². The highest BCUT2D eigenvalue weighted by Crippen LogP contribution is 2.29. The summed E-state index contributed by atoms with van der Waals surface area (Å²) in [6.45, 7) is 0. The van der Waals surface area contributed by atoms with Crippen molar-refractivity contribution in [1.82, 2.24) is 9.97 Å². The van der Waals surface area contributed by atoms with Gasteiger partial charge in [0, 0.05) is 18.8 Å². The summed E-state index contributed by atoms with van der Waals surface area (Å²) in [4.78, 5) is 18.4. The van der Waals surface area contributed by atoms with Crippen LogP contribution in [0.3, 0.4) is 0 Å². The first kappa shape index (κ1) is 10.9. The smallest absolute Gasteiger partial charge is 0.195 e. The molecule has 0 saturated heterocycles. The minimum atomic E-state index is -0.753. The maximum absolute atomic E-state index is 11.4. The molecule has 2 rings (SSSR count). The fourth-order valence-electron chi connectivity index (χ4n) is 1.70. The van der Waals surface area contributed by atoms with Crippen molar-refractivity contribution in [2.24, 2.45) is 5.41 Å². The lowest BCUT2D eigenvalue weighted by Crippen LogP contribution is -2.22. The summed E-state index contributed by atoms with van der Waals surface area (Å²) in [7, 11) is 0. The van der Waals surface area contributed by atoms with Gasteiger partial charge in [0.25, 0.3) is 0 Å². The van der Waals surface area contributed by atoms with Crippen LogP contribution in [0.5, 0.6) is 0 Å². The zero-order valence-corrected chi connectivity index (χ0v) is 8.97. The fourth-order valence-corrected chi connectivity index (χ4v) is 1.70. The Labute approximate surface area is 98.7 Å². The first-order valence-corrected chi connectivity index (χ1v) is 5.02. The first-order valence-electron chi connectivity index (χ1n) is 5.02. The standard InChI is InChI=1S/C13H9N3O/c1-2-13(8-12-15-5-6-16-12)4-3-11(17)10(7-13)9-14/h1,3-7H,8H2,(H,15,16). The van der Waals surface area contributed by atoms with Crippen LogP contribution in [0.25, 0.3) is 0 Å². The van der Waals surface area contributed by atoms with Gasteiger partial charge in [-0.3, -0.25) is 4.79 Å². The molecule has 1 atom stereocenters. The van der Waals surface area contributed by atoms with Crippen LogP contribution in [0.1, 0.15) is 5.82 Å². The van der Waals surface area contributed by atoms with Crippen molar-refractivity contribution < 1.29 is 4.79 Å². The lowest BCUT2D eigenvalue weighted by Gasteiger charge is -2.22. The Morgan fingerprint density at radius 2 is 2.41 bits per heavy atom. The van der Waals surface area contributed by atoms with E-state index in [1.54, 1.807) is 18.5 Å². The number of aromatic nitrogens is 2. The average Bonchev–Trinajstić information content (AvgIpc) is 2.84. The SMILES string of the molecule is C#CC1(Cc2ncc[nH]2)C=CC(=O)C(C#N)=C1. The predicted molar refractivity (Wildman–Crippen MR) is 61.4 cm³/mol. The Morgan fingerprint density at radius 3 is 3.00 bits per heavy atom. The van der Waals surface area contributed by atoms with Crippen molar-refractivity contribution in [3.63, 3.8) is 0 Å². The van der Waals surface area contributed by atoms with Crippen LogP contribution in [0.4, 0.5) is 0 Å². The molecule has 4 nitrogen and oxygen atoms in total. The van der Waals surface area contributed by atoms with Gasteiger partial charge >= 0.3 is 0 Å². The third-order valence-electron chi connectivity index (χ3n) is 2.60. The van der Waals surface area contributed by atoms with E-state index in [-0.39, 0.29) is 11.4 Å². The van der Waals surface area contributed by atoms with Gasteiger partial charge in [0.2, 0.25) is 0 Å². The Hall–Kier alpha value is -2.59. The number of carbonyl (C=O) groups excluding carboxylic acids is 1. The zero-order chi connectivity index (χ0) is 12.3. The molecular formula is C13H9N3O. The molecule has 1 aliphatic rings. The van der Waals surface area contributed by atoms with Crippen LogP contribution in [0, 0.1) is 29.1 Å². The Balaban J connectivity index is 2.37. The molecule has 1 aliphatic carbocycles. The van der Waals surface area contributed by atoms with Crippen molar-refractivity contribution >= 4 is 5.78 Å². The van der Waals surface area contributed by atoms with Gasteiger partial charge in [-0.2, -0.15) is 5.26 Å². The molecule has 0 bridgehead atoms. The number of allylic oxidation sites excluding steroid dienone is 4. The lowest BCUT2D eigenvalue weighted by molar-refractivity contribution is -0.111. The number of H-pyrrole nitrogens is 1. The van der Waals surface area contributed by atoms with Gasteiger partial charge in [-0.05, 0) is 12.2 Å². The van der Waals surface area contributed by atoms with Gasteiger partial charge in [0.15, 0.2) is 5.78 Å². The highest BCUT2D eigenvalue weighted by molar-refractivity contribution is 6.08. The van der Waals surface area contributed by atoms with Gasteiger partial charge in [-0.25, -0.2) is 4.98 Å². The molecule has 17 heavy (non-hydrogen) atoms. The van der Waals surface area contributed by atoms with Gasteiger partial charge in [-0.15, -0.1) is 6.42 Å². The molecule has 0 amide bonds. The highest BCUT2D eigenvalue weighted by Gasteiger charge is 2.29. The maximum Gasteiger partial charge on any atom is 0.195 e. The first-order chi connectivity index (χ1) is 8.19. The van der Waals surface area contributed by atoms with Crippen LogP contribution in [0.2, 0.25) is 0 Å². The molecule has 4 heteroatoms. The van der Waals surface area contributed by atoms with Crippen LogP contribution in [-0.2, 0) is 11.2 Å². The van der Waals surface area contributed by atoms with Crippen LogP contribution < -0.4 is 0 Å². The lowest BCUT2D eigenvalue weighted by atomic mass is 9.79. The van der Waals surface area contributed by atoms with E-state index < -0.39 is 5.41 Å². The van der Waals surface area contributed by atoms with Crippen molar-refractivity contribution in [2.75, 3.05) is 0 Å². The number of nitriles is 1. The second-order valence-electron chi connectivity index (χ2n) is 3.76. The molecule has 1 unspecified atom stereocenters. The molecule has 1 heterocycles. The molecule has 0 aliphatic heterocycles. The average molecular weight is 223 g/mol. The number of terminal acetylenes is 1. The topological polar surface area (TPSA) is 69.5 Å². The Bertz CT molecular complexity index is 581. The molecule has 1 N–H and O–H groups in total. The molecule has 0 radical (unpaired) electrons. The van der Waals surface area contributed by atoms with Crippen LogP contribution in [0.15, 0.2) is 36.2 Å². The third kappa shape index (κ3) is 2.02. The Kier molecular flexibility index (Phi) is 2.64. The van der Waals surface area contributed by atoms with Gasteiger partial charge in [0.1, 0.15) is 11.9 Å². The van der Waals surface area contributed by atoms with E-state index in [0.29, 0.717) is 6.42 Å². The summed E-state index contributed by atoms with van der Waals surface area (Å²) in [6, 6.07) is 1.86. The maximum atomic E-state index is 11.4. The van der Waals surface area contributed by atoms with E-state index in [1.165, 1.54) is 12.2 Å². The molecule has 82 valence electrons. The highest BCUT2D eigenvalue weighted by atomic mass is 16.1. The second kappa shape index (κ2) is 4.11. The minimum Gasteiger partial charge on any atom is -0.349 e. The predicted octanol–water partition coefficient (Wildman–Crippen LogP) is 1.16. The summed E-state index contributed by atoms with van der Waals surface area (Å²) < 4.78 is 0. The molecule has 0 spiro atoms. The number of carbonyl (C=O) groups is 1. The number of imidazole rings is 1. The number of rotatable bonds is 2. The number of hydrogen-bond donors (Lipinski definition) is 1. The van der Waals surface area contributed by atoms with E-state index in [4.69, 9.17) is 11.7 Å². The van der Waals surface area contributed by atoms with Gasteiger partial charge in [0.05, 0.1) is 11.0 Å². The van der Waals surface area contributed by atoms with Crippen molar-refractivity contribution in [3.8, 4) is 18.4 Å². The quantitative estimate of drug-likeness (QED) is 0.765. The van der Waals surface area contributed by atoms with E-state index in [0.717, 1.165) is 5.82 Å². The van der Waals surface area contributed by atoms with Gasteiger partial charge in [-0.1, -0.05) is 12.0 Å². The molecule has 0 fully saturated rings. The van der Waals surface area contributed by atoms with Gasteiger partial charge < -0.3 is 4.98 Å². The number of ketones is 1. The summed E-state index contributed by atoms with van der Waals surface area (Å²) in [5.74, 6) is 3.02. The largest absolute Gasteiger partial charge is 0.349 e. The number of nitrogens with zero attached hydrogens (tertiary/aromatic N) is 2. The molecule has 0 aromatic carbocycles. The van der Waals surface area contributed by atoms with E-state index in [1.807, 2.05) is 6.07 Å². The molecule has 1 aromatic rings.